The predicted octanol–water partition coefficient (Wildman–Crippen LogP) is 3.23. The standard InChI is InChI=1S/C14H21N3OS/c1-5-15-13(12-7-6-8-19-12)14-11(18-4)9-16-17(14)10(2)3/h6-10,13,15H,5H2,1-4H3. The zero-order chi connectivity index (χ0) is 13.8. The lowest BCUT2D eigenvalue weighted by Crippen LogP contribution is -2.25. The fourth-order valence-electron chi connectivity index (χ4n) is 2.19. The molecule has 19 heavy (non-hydrogen) atoms. The second-order valence-corrected chi connectivity index (χ2v) is 5.62. The predicted molar refractivity (Wildman–Crippen MR) is 79.0 cm³/mol. The Kier molecular flexibility index (Phi) is 4.61. The third kappa shape index (κ3) is 2.82. The highest BCUT2D eigenvalue weighted by Crippen LogP contribution is 2.33. The monoisotopic (exact) mass is 279 g/mol. The lowest BCUT2D eigenvalue weighted by Gasteiger charge is -2.21. The van der Waals surface area contributed by atoms with Crippen LogP contribution >= 0.6 is 11.3 Å². The Hall–Kier alpha value is -1.33. The molecule has 2 aromatic heterocycles. The van der Waals surface area contributed by atoms with Gasteiger partial charge in [0, 0.05) is 10.9 Å². The maximum absolute atomic E-state index is 5.48. The van der Waals surface area contributed by atoms with Crippen molar-refractivity contribution in [3.05, 3.63) is 34.3 Å². The zero-order valence-corrected chi connectivity index (χ0v) is 12.7. The van der Waals surface area contributed by atoms with E-state index in [0.29, 0.717) is 6.04 Å². The Morgan fingerprint density at radius 2 is 2.26 bits per heavy atom. The number of nitrogens with zero attached hydrogens (tertiary/aromatic N) is 2. The van der Waals surface area contributed by atoms with Gasteiger partial charge in [0.05, 0.1) is 19.3 Å². The van der Waals surface area contributed by atoms with E-state index >= 15 is 0 Å². The van der Waals surface area contributed by atoms with Crippen molar-refractivity contribution in [2.24, 2.45) is 0 Å². The van der Waals surface area contributed by atoms with Crippen LogP contribution in [0.15, 0.2) is 23.7 Å². The first kappa shape index (κ1) is 14.1. The summed E-state index contributed by atoms with van der Waals surface area (Å²) in [6, 6.07) is 4.66. The molecular formula is C14H21N3OS. The highest BCUT2D eigenvalue weighted by atomic mass is 32.1. The van der Waals surface area contributed by atoms with Gasteiger partial charge in [0.1, 0.15) is 5.69 Å². The molecule has 2 rings (SSSR count). The Morgan fingerprint density at radius 3 is 2.79 bits per heavy atom. The largest absolute Gasteiger partial charge is 0.493 e. The van der Waals surface area contributed by atoms with Gasteiger partial charge in [-0.05, 0) is 31.8 Å². The number of hydrogen-bond acceptors (Lipinski definition) is 4. The van der Waals surface area contributed by atoms with E-state index in [-0.39, 0.29) is 6.04 Å². The Balaban J connectivity index is 2.49. The van der Waals surface area contributed by atoms with Crippen LogP contribution in [0.25, 0.3) is 0 Å². The molecule has 1 N–H and O–H groups in total. The van der Waals surface area contributed by atoms with Crippen LogP contribution in [0, 0.1) is 0 Å². The third-order valence-electron chi connectivity index (χ3n) is 3.02. The van der Waals surface area contributed by atoms with E-state index in [4.69, 9.17) is 4.74 Å². The minimum absolute atomic E-state index is 0.129. The first-order chi connectivity index (χ1) is 9.19. The van der Waals surface area contributed by atoms with Gasteiger partial charge < -0.3 is 10.1 Å². The van der Waals surface area contributed by atoms with Gasteiger partial charge in [-0.3, -0.25) is 4.68 Å². The van der Waals surface area contributed by atoms with Crippen molar-refractivity contribution in [3.63, 3.8) is 0 Å². The van der Waals surface area contributed by atoms with Gasteiger partial charge in [0.25, 0.3) is 0 Å². The molecule has 0 bridgehead atoms. The van der Waals surface area contributed by atoms with E-state index in [2.05, 4.69) is 48.7 Å². The smallest absolute Gasteiger partial charge is 0.161 e. The molecule has 0 amide bonds. The van der Waals surface area contributed by atoms with Gasteiger partial charge >= 0.3 is 0 Å². The van der Waals surface area contributed by atoms with Crippen molar-refractivity contribution < 1.29 is 4.74 Å². The van der Waals surface area contributed by atoms with Crippen molar-refractivity contribution >= 4 is 11.3 Å². The molecule has 0 aromatic carbocycles. The molecule has 0 aliphatic carbocycles. The van der Waals surface area contributed by atoms with Crippen molar-refractivity contribution in [2.75, 3.05) is 13.7 Å². The molecule has 104 valence electrons. The van der Waals surface area contributed by atoms with E-state index in [0.717, 1.165) is 18.0 Å². The van der Waals surface area contributed by atoms with Gasteiger partial charge in [-0.25, -0.2) is 0 Å². The van der Waals surface area contributed by atoms with E-state index in [1.807, 2.05) is 4.68 Å². The molecule has 0 spiro atoms. The van der Waals surface area contributed by atoms with Gasteiger partial charge in [-0.2, -0.15) is 5.10 Å². The Labute approximate surface area is 118 Å². The zero-order valence-electron chi connectivity index (χ0n) is 11.9. The normalized spacial score (nSPS) is 12.9. The van der Waals surface area contributed by atoms with Crippen LogP contribution in [0.5, 0.6) is 5.75 Å². The third-order valence-corrected chi connectivity index (χ3v) is 3.95. The number of ether oxygens (including phenoxy) is 1. The average Bonchev–Trinajstić information content (AvgIpc) is 3.04. The van der Waals surface area contributed by atoms with Crippen LogP contribution in [-0.4, -0.2) is 23.4 Å². The van der Waals surface area contributed by atoms with Gasteiger partial charge in [-0.15, -0.1) is 11.3 Å². The number of thiophene rings is 1. The molecule has 5 heteroatoms. The average molecular weight is 279 g/mol. The minimum atomic E-state index is 0.129. The molecule has 1 atom stereocenters. The highest BCUT2D eigenvalue weighted by molar-refractivity contribution is 7.10. The molecule has 0 radical (unpaired) electrons. The lowest BCUT2D eigenvalue weighted by molar-refractivity contribution is 0.395. The molecule has 2 heterocycles. The van der Waals surface area contributed by atoms with Crippen molar-refractivity contribution in [3.8, 4) is 5.75 Å². The van der Waals surface area contributed by atoms with Crippen LogP contribution in [0.1, 0.15) is 43.4 Å². The summed E-state index contributed by atoms with van der Waals surface area (Å²) in [5.74, 6) is 0.841. The molecule has 0 aliphatic heterocycles. The molecule has 0 fully saturated rings. The van der Waals surface area contributed by atoms with E-state index in [1.54, 1.807) is 24.6 Å². The summed E-state index contributed by atoms with van der Waals surface area (Å²) in [5, 5.41) is 10.1. The van der Waals surface area contributed by atoms with Gasteiger partial charge in [0.2, 0.25) is 0 Å². The summed E-state index contributed by atoms with van der Waals surface area (Å²) in [5.41, 5.74) is 1.10. The first-order valence-corrected chi connectivity index (χ1v) is 7.45. The van der Waals surface area contributed by atoms with Crippen LogP contribution in [-0.2, 0) is 0 Å². The van der Waals surface area contributed by atoms with E-state index in [1.165, 1.54) is 4.88 Å². The Morgan fingerprint density at radius 1 is 1.47 bits per heavy atom. The maximum atomic E-state index is 5.48. The summed E-state index contributed by atoms with van der Waals surface area (Å²) in [6.45, 7) is 7.28. The molecule has 0 saturated carbocycles. The van der Waals surface area contributed by atoms with Crippen LogP contribution in [0.3, 0.4) is 0 Å². The lowest BCUT2D eigenvalue weighted by atomic mass is 10.1. The molecule has 1 unspecified atom stereocenters. The number of aromatic nitrogens is 2. The number of nitrogens with one attached hydrogen (secondary N) is 1. The fraction of sp³-hybridized carbons (Fsp3) is 0.500. The van der Waals surface area contributed by atoms with Crippen molar-refractivity contribution in [1.29, 1.82) is 0 Å². The summed E-state index contributed by atoms with van der Waals surface area (Å²) >= 11 is 1.75. The van der Waals surface area contributed by atoms with Crippen molar-refractivity contribution in [1.82, 2.24) is 15.1 Å². The second kappa shape index (κ2) is 6.21. The first-order valence-electron chi connectivity index (χ1n) is 6.57. The van der Waals surface area contributed by atoms with Crippen LogP contribution in [0.2, 0.25) is 0 Å². The van der Waals surface area contributed by atoms with E-state index < -0.39 is 0 Å². The van der Waals surface area contributed by atoms with Gasteiger partial charge in [-0.1, -0.05) is 13.0 Å². The number of rotatable bonds is 6. The Bertz CT molecular complexity index is 505. The molecule has 0 saturated heterocycles. The summed E-state index contributed by atoms with van der Waals surface area (Å²) in [7, 11) is 1.70. The molecule has 2 aromatic rings. The summed E-state index contributed by atoms with van der Waals surface area (Å²) in [6.07, 6.45) is 1.80. The molecular weight excluding hydrogens is 258 g/mol. The van der Waals surface area contributed by atoms with E-state index in [9.17, 15) is 0 Å². The van der Waals surface area contributed by atoms with Gasteiger partial charge in [0.15, 0.2) is 5.75 Å². The number of methoxy groups -OCH3 is 1. The second-order valence-electron chi connectivity index (χ2n) is 4.64. The molecule has 4 nitrogen and oxygen atoms in total. The SMILES string of the molecule is CCNC(c1cccs1)c1c(OC)cnn1C(C)C. The highest BCUT2D eigenvalue weighted by Gasteiger charge is 2.24. The maximum Gasteiger partial charge on any atom is 0.161 e. The quantitative estimate of drug-likeness (QED) is 0.882. The summed E-state index contributed by atoms with van der Waals surface area (Å²) < 4.78 is 7.52. The van der Waals surface area contributed by atoms with Crippen molar-refractivity contribution in [2.45, 2.75) is 32.9 Å². The van der Waals surface area contributed by atoms with Crippen LogP contribution < -0.4 is 10.1 Å². The van der Waals surface area contributed by atoms with Crippen LogP contribution in [0.4, 0.5) is 0 Å². The minimum Gasteiger partial charge on any atom is -0.493 e. The number of hydrogen-bond donors (Lipinski definition) is 1. The fourth-order valence-corrected chi connectivity index (χ4v) is 2.99. The molecule has 0 aliphatic rings. The topological polar surface area (TPSA) is 39.1 Å². The summed E-state index contributed by atoms with van der Waals surface area (Å²) in [4.78, 5) is 1.28.